The van der Waals surface area contributed by atoms with E-state index in [0.29, 0.717) is 6.42 Å². The van der Waals surface area contributed by atoms with Crippen LogP contribution in [0.5, 0.6) is 0 Å². The van der Waals surface area contributed by atoms with Crippen molar-refractivity contribution in [1.82, 2.24) is 0 Å². The zero-order valence-electron chi connectivity index (χ0n) is 9.36. The number of aliphatic hydroxyl groups excluding tert-OH is 2. The van der Waals surface area contributed by atoms with Gasteiger partial charge in [0.05, 0.1) is 18.1 Å². The van der Waals surface area contributed by atoms with Gasteiger partial charge in [0, 0.05) is 0 Å². The third-order valence-electron chi connectivity index (χ3n) is 2.68. The fraction of sp³-hybridized carbons (Fsp3) is 0.500. The van der Waals surface area contributed by atoms with Crippen LogP contribution in [0, 0.1) is 6.92 Å². The number of hydrogen-bond donors (Lipinski definition) is 2. The van der Waals surface area contributed by atoms with Crippen molar-refractivity contribution >= 4 is 26.1 Å². The summed E-state index contributed by atoms with van der Waals surface area (Å²) in [6, 6.07) is 6.18. The van der Waals surface area contributed by atoms with Gasteiger partial charge in [0.15, 0.2) is 0 Å². The largest absolute Gasteiger partial charge is 0.390 e. The van der Waals surface area contributed by atoms with Crippen molar-refractivity contribution in [3.05, 3.63) is 29.3 Å². The molecule has 2 N–H and O–H groups in total. The summed E-state index contributed by atoms with van der Waals surface area (Å²) in [6.45, 7) is 2.05. The number of aliphatic hydroxyl groups is 2. The van der Waals surface area contributed by atoms with Crippen LogP contribution in [0.4, 0.5) is 0 Å². The van der Waals surface area contributed by atoms with Crippen molar-refractivity contribution in [3.63, 3.8) is 0 Å². The van der Waals surface area contributed by atoms with E-state index in [-0.39, 0.29) is 5.88 Å². The first-order valence-electron chi connectivity index (χ1n) is 5.31. The average molecular weight is 261 g/mol. The highest BCUT2D eigenvalue weighted by Gasteiger charge is 2.15. The SMILES string of the molecule is Cc1ccc(P)cc1CCC(O)C(O)CCl. The van der Waals surface area contributed by atoms with Gasteiger partial charge in [-0.3, -0.25) is 0 Å². The molecular formula is C12H18ClO2P. The zero-order valence-corrected chi connectivity index (χ0v) is 11.3. The second kappa shape index (κ2) is 6.56. The molecule has 1 aromatic rings. The number of benzene rings is 1. The van der Waals surface area contributed by atoms with Crippen LogP contribution in [-0.2, 0) is 6.42 Å². The summed E-state index contributed by atoms with van der Waals surface area (Å²) in [5.41, 5.74) is 2.41. The molecule has 1 aromatic carbocycles. The molecule has 0 amide bonds. The molecule has 0 saturated heterocycles. The molecule has 3 unspecified atom stereocenters. The lowest BCUT2D eigenvalue weighted by Crippen LogP contribution is -2.27. The highest BCUT2D eigenvalue weighted by molar-refractivity contribution is 7.27. The van der Waals surface area contributed by atoms with Gasteiger partial charge < -0.3 is 10.2 Å². The molecule has 1 rings (SSSR count). The summed E-state index contributed by atoms with van der Waals surface area (Å²) in [6.07, 6.45) is -0.294. The first kappa shape index (κ1) is 13.9. The van der Waals surface area contributed by atoms with Gasteiger partial charge in [-0.25, -0.2) is 0 Å². The topological polar surface area (TPSA) is 40.5 Å². The Kier molecular flexibility index (Phi) is 5.71. The maximum atomic E-state index is 9.60. The number of halogens is 1. The normalized spacial score (nSPS) is 14.8. The van der Waals surface area contributed by atoms with Gasteiger partial charge in [0.1, 0.15) is 0 Å². The first-order chi connectivity index (χ1) is 7.54. The molecule has 0 aliphatic carbocycles. The van der Waals surface area contributed by atoms with E-state index < -0.39 is 12.2 Å². The van der Waals surface area contributed by atoms with Crippen molar-refractivity contribution in [1.29, 1.82) is 0 Å². The van der Waals surface area contributed by atoms with Crippen molar-refractivity contribution < 1.29 is 10.2 Å². The van der Waals surface area contributed by atoms with E-state index in [1.807, 2.05) is 13.0 Å². The van der Waals surface area contributed by atoms with E-state index in [2.05, 4.69) is 21.4 Å². The number of aryl methyl sites for hydroxylation is 2. The van der Waals surface area contributed by atoms with Gasteiger partial charge in [0.2, 0.25) is 0 Å². The Balaban J connectivity index is 2.57. The standard InChI is InChI=1S/C12H18ClO2P/c1-8-2-4-10(16)6-9(8)3-5-11(14)12(15)7-13/h2,4,6,11-12,14-15H,3,5,7,16H2,1H3. The lowest BCUT2D eigenvalue weighted by Gasteiger charge is -2.16. The first-order valence-corrected chi connectivity index (χ1v) is 6.43. The second-order valence-corrected chi connectivity index (χ2v) is 4.99. The summed E-state index contributed by atoms with van der Waals surface area (Å²) in [7, 11) is 2.65. The Morgan fingerprint density at radius 1 is 1.31 bits per heavy atom. The highest BCUT2D eigenvalue weighted by atomic mass is 35.5. The quantitative estimate of drug-likeness (QED) is 0.620. The fourth-order valence-corrected chi connectivity index (χ4v) is 2.06. The Morgan fingerprint density at radius 3 is 2.62 bits per heavy atom. The van der Waals surface area contributed by atoms with Gasteiger partial charge in [-0.05, 0) is 36.2 Å². The molecule has 0 fully saturated rings. The van der Waals surface area contributed by atoms with Gasteiger partial charge in [-0.2, -0.15) is 0 Å². The van der Waals surface area contributed by atoms with Crippen molar-refractivity contribution in [3.8, 4) is 0 Å². The Morgan fingerprint density at radius 2 is 2.00 bits per heavy atom. The summed E-state index contributed by atoms with van der Waals surface area (Å²) >= 11 is 5.47. The van der Waals surface area contributed by atoms with Crippen LogP contribution >= 0.6 is 20.8 Å². The molecule has 0 aromatic heterocycles. The number of hydrogen-bond acceptors (Lipinski definition) is 2. The maximum Gasteiger partial charge on any atom is 0.0934 e. The van der Waals surface area contributed by atoms with Crippen LogP contribution in [0.25, 0.3) is 0 Å². The fourth-order valence-electron chi connectivity index (χ4n) is 1.56. The van der Waals surface area contributed by atoms with Crippen LogP contribution in [0.15, 0.2) is 18.2 Å². The van der Waals surface area contributed by atoms with Crippen LogP contribution < -0.4 is 5.30 Å². The van der Waals surface area contributed by atoms with Crippen LogP contribution in [0.3, 0.4) is 0 Å². The molecule has 90 valence electrons. The molecule has 0 spiro atoms. The number of rotatable bonds is 5. The van der Waals surface area contributed by atoms with E-state index >= 15 is 0 Å². The van der Waals surface area contributed by atoms with Gasteiger partial charge in [-0.15, -0.1) is 20.8 Å². The summed E-state index contributed by atoms with van der Waals surface area (Å²) in [5.74, 6) is 0.0732. The molecule has 3 atom stereocenters. The molecule has 4 heteroatoms. The monoisotopic (exact) mass is 260 g/mol. The van der Waals surface area contributed by atoms with Gasteiger partial charge in [0.25, 0.3) is 0 Å². The van der Waals surface area contributed by atoms with Crippen LogP contribution in [-0.4, -0.2) is 28.3 Å². The smallest absolute Gasteiger partial charge is 0.0934 e. The minimum Gasteiger partial charge on any atom is -0.390 e. The number of alkyl halides is 1. The molecule has 0 bridgehead atoms. The zero-order chi connectivity index (χ0) is 12.1. The average Bonchev–Trinajstić information content (AvgIpc) is 2.28. The van der Waals surface area contributed by atoms with Gasteiger partial charge in [-0.1, -0.05) is 18.2 Å². The van der Waals surface area contributed by atoms with E-state index in [9.17, 15) is 10.2 Å². The van der Waals surface area contributed by atoms with Crippen LogP contribution in [0.1, 0.15) is 17.5 Å². The van der Waals surface area contributed by atoms with E-state index in [1.165, 1.54) is 11.1 Å². The van der Waals surface area contributed by atoms with E-state index in [1.54, 1.807) is 0 Å². The minimum absolute atomic E-state index is 0.0732. The van der Waals surface area contributed by atoms with E-state index in [4.69, 9.17) is 11.6 Å². The predicted octanol–water partition coefficient (Wildman–Crippen LogP) is 1.39. The predicted molar refractivity (Wildman–Crippen MR) is 71.6 cm³/mol. The molecule has 0 saturated carbocycles. The molecule has 0 aliphatic heterocycles. The van der Waals surface area contributed by atoms with Gasteiger partial charge >= 0.3 is 0 Å². The summed E-state index contributed by atoms with van der Waals surface area (Å²) in [4.78, 5) is 0. The Bertz CT molecular complexity index is 344. The lowest BCUT2D eigenvalue weighted by molar-refractivity contribution is 0.0286. The second-order valence-electron chi connectivity index (χ2n) is 4.01. The molecular weight excluding hydrogens is 243 g/mol. The van der Waals surface area contributed by atoms with Crippen molar-refractivity contribution in [2.45, 2.75) is 32.0 Å². The molecule has 0 heterocycles. The molecule has 2 nitrogen and oxygen atoms in total. The molecule has 16 heavy (non-hydrogen) atoms. The third-order valence-corrected chi connectivity index (χ3v) is 3.36. The van der Waals surface area contributed by atoms with E-state index in [0.717, 1.165) is 11.7 Å². The minimum atomic E-state index is -0.832. The third kappa shape index (κ3) is 4.03. The van der Waals surface area contributed by atoms with Crippen molar-refractivity contribution in [2.75, 3.05) is 5.88 Å². The maximum absolute atomic E-state index is 9.60. The highest BCUT2D eigenvalue weighted by Crippen LogP contribution is 2.12. The molecule has 0 aliphatic rings. The van der Waals surface area contributed by atoms with Crippen molar-refractivity contribution in [2.24, 2.45) is 0 Å². The summed E-state index contributed by atoms with van der Waals surface area (Å²) in [5, 5.41) is 20.1. The lowest BCUT2D eigenvalue weighted by atomic mass is 10.0. The Hall–Kier alpha value is -0.140. The molecule has 0 radical (unpaired) electrons. The van der Waals surface area contributed by atoms with Crippen LogP contribution in [0.2, 0.25) is 0 Å². The summed E-state index contributed by atoms with van der Waals surface area (Å²) < 4.78 is 0. The Labute approximate surface area is 104 Å².